The van der Waals surface area contributed by atoms with E-state index < -0.39 is 33.9 Å². The van der Waals surface area contributed by atoms with Gasteiger partial charge in [0.25, 0.3) is 5.91 Å². The molecule has 0 saturated heterocycles. The fraction of sp³-hybridized carbons (Fsp3) is 0.176. The van der Waals surface area contributed by atoms with Crippen molar-refractivity contribution in [2.24, 2.45) is 0 Å². The minimum atomic E-state index is -3.22. The highest BCUT2D eigenvalue weighted by Crippen LogP contribution is 2.46. The second-order valence-electron chi connectivity index (χ2n) is 5.90. The molecule has 1 aliphatic heterocycles. The first-order valence-corrected chi connectivity index (χ1v) is 9.47. The van der Waals surface area contributed by atoms with Crippen LogP contribution in [0, 0.1) is 5.82 Å². The van der Waals surface area contributed by atoms with Crippen molar-refractivity contribution in [3.63, 3.8) is 0 Å². The fourth-order valence-electron chi connectivity index (χ4n) is 2.54. The lowest BCUT2D eigenvalue weighted by Gasteiger charge is -2.22. The number of hydrogen-bond acceptors (Lipinski definition) is 6. The van der Waals surface area contributed by atoms with E-state index in [9.17, 15) is 28.2 Å². The van der Waals surface area contributed by atoms with E-state index in [1.165, 1.54) is 30.3 Å². The van der Waals surface area contributed by atoms with E-state index in [2.05, 4.69) is 5.32 Å². The van der Waals surface area contributed by atoms with Crippen LogP contribution < -0.4 is 5.32 Å². The molecule has 2 heterocycles. The molecule has 0 fully saturated rings. The average Bonchev–Trinajstić information content (AvgIpc) is 3.14. The number of halogens is 1. The molecule has 0 atom stereocenters. The smallest absolute Gasteiger partial charge is 0.286 e. The Balaban J connectivity index is 2.03. The lowest BCUT2D eigenvalue weighted by atomic mass is 10.0. The molecular formula is C17H16FNO6S. The summed E-state index contributed by atoms with van der Waals surface area (Å²) in [5.74, 6) is -2.80. The Morgan fingerprint density at radius 2 is 1.96 bits per heavy atom. The van der Waals surface area contributed by atoms with E-state index in [1.807, 2.05) is 0 Å². The van der Waals surface area contributed by atoms with Crippen LogP contribution in [0.1, 0.15) is 21.7 Å². The first-order chi connectivity index (χ1) is 12.2. The number of rotatable bonds is 5. The largest absolute Gasteiger partial charge is 0.503 e. The number of hydrogen-bond donors (Lipinski definition) is 4. The van der Waals surface area contributed by atoms with Crippen LogP contribution in [0.4, 0.5) is 4.39 Å². The maximum Gasteiger partial charge on any atom is 0.286 e. The monoisotopic (exact) mass is 381 g/mol. The maximum atomic E-state index is 13.1. The molecule has 138 valence electrons. The summed E-state index contributed by atoms with van der Waals surface area (Å²) >= 11 is 0. The summed E-state index contributed by atoms with van der Waals surface area (Å²) in [6, 6.07) is 6.92. The van der Waals surface area contributed by atoms with Gasteiger partial charge in [0.1, 0.15) is 5.82 Å². The zero-order valence-electron chi connectivity index (χ0n) is 13.7. The third kappa shape index (κ3) is 3.50. The number of aliphatic hydroxyl groups is 1. The molecule has 3 rings (SSSR count). The van der Waals surface area contributed by atoms with Gasteiger partial charge in [-0.1, -0.05) is 12.1 Å². The third-order valence-electron chi connectivity index (χ3n) is 3.88. The summed E-state index contributed by atoms with van der Waals surface area (Å²) < 4.78 is 38.1. The van der Waals surface area contributed by atoms with Crippen molar-refractivity contribution < 1.29 is 32.6 Å². The van der Waals surface area contributed by atoms with Crippen molar-refractivity contribution in [3.8, 4) is 0 Å². The Labute approximate surface area is 149 Å². The van der Waals surface area contributed by atoms with E-state index in [4.69, 9.17) is 4.42 Å². The number of benzene rings is 1. The second-order valence-corrected chi connectivity index (χ2v) is 7.96. The van der Waals surface area contributed by atoms with Crippen molar-refractivity contribution in [1.29, 1.82) is 0 Å². The molecule has 1 amide bonds. The van der Waals surface area contributed by atoms with Gasteiger partial charge in [-0.05, 0) is 17.7 Å². The molecule has 4 N–H and O–H groups in total. The molecule has 0 bridgehead atoms. The van der Waals surface area contributed by atoms with E-state index in [-0.39, 0.29) is 29.4 Å². The summed E-state index contributed by atoms with van der Waals surface area (Å²) in [6.07, 6.45) is 1.31. The third-order valence-corrected chi connectivity index (χ3v) is 4.85. The molecule has 0 unspecified atom stereocenters. The van der Waals surface area contributed by atoms with Crippen LogP contribution in [0.2, 0.25) is 0 Å². The second kappa shape index (κ2) is 6.60. The molecule has 1 aromatic heterocycles. The first-order valence-electron chi connectivity index (χ1n) is 7.52. The van der Waals surface area contributed by atoms with Crippen LogP contribution in [0.5, 0.6) is 0 Å². The SMILES string of the molecule is CS(O)(O)c1cc(Cc2ccc(F)cc2)c(C(=O)C2=C(O)C(=O)NC2)o1. The lowest BCUT2D eigenvalue weighted by Crippen LogP contribution is -2.18. The zero-order valence-corrected chi connectivity index (χ0v) is 14.5. The molecule has 1 aliphatic rings. The number of carbonyl (C=O) groups excluding carboxylic acids is 2. The summed E-state index contributed by atoms with van der Waals surface area (Å²) in [6.45, 7) is -0.155. The van der Waals surface area contributed by atoms with Gasteiger partial charge >= 0.3 is 0 Å². The minimum absolute atomic E-state index is 0.155. The van der Waals surface area contributed by atoms with Gasteiger partial charge in [0.15, 0.2) is 11.5 Å². The predicted molar refractivity (Wildman–Crippen MR) is 91.9 cm³/mol. The lowest BCUT2D eigenvalue weighted by molar-refractivity contribution is -0.118. The zero-order chi connectivity index (χ0) is 19.1. The number of amides is 1. The first kappa shape index (κ1) is 18.2. The summed E-state index contributed by atoms with van der Waals surface area (Å²) in [4.78, 5) is 24.1. The Hall–Kier alpha value is -2.62. The number of ketones is 1. The molecule has 9 heteroatoms. The van der Waals surface area contributed by atoms with Crippen molar-refractivity contribution in [1.82, 2.24) is 5.32 Å². The van der Waals surface area contributed by atoms with E-state index in [1.54, 1.807) is 0 Å². The molecule has 0 radical (unpaired) electrons. The topological polar surface area (TPSA) is 120 Å². The van der Waals surface area contributed by atoms with Crippen LogP contribution in [0.3, 0.4) is 0 Å². The Kier molecular flexibility index (Phi) is 4.61. The summed E-state index contributed by atoms with van der Waals surface area (Å²) in [7, 11) is -3.22. The van der Waals surface area contributed by atoms with Crippen molar-refractivity contribution in [2.75, 3.05) is 12.8 Å². The predicted octanol–water partition coefficient (Wildman–Crippen LogP) is 2.87. The quantitative estimate of drug-likeness (QED) is 0.591. The van der Waals surface area contributed by atoms with Crippen LogP contribution >= 0.6 is 10.6 Å². The van der Waals surface area contributed by atoms with Gasteiger partial charge in [0.05, 0.1) is 12.1 Å². The molecule has 0 aliphatic carbocycles. The molecular weight excluding hydrogens is 365 g/mol. The van der Waals surface area contributed by atoms with Crippen LogP contribution in [-0.4, -0.2) is 38.7 Å². The number of nitrogens with one attached hydrogen (secondary N) is 1. The molecule has 1 aromatic carbocycles. The number of aliphatic hydroxyl groups excluding tert-OH is 1. The normalized spacial score (nSPS) is 15.3. The number of furan rings is 1. The molecule has 0 saturated carbocycles. The standard InChI is InChI=1S/C17H16FNO6S/c1-26(23,24)13-7-10(6-9-2-4-11(18)5-3-9)16(25-13)14(20)12-8-19-17(22)15(12)21/h2-5,7,21,23-24H,6,8H2,1H3,(H,19,22). The highest BCUT2D eigenvalue weighted by Gasteiger charge is 2.32. The Bertz CT molecular complexity index is 910. The van der Waals surface area contributed by atoms with Crippen LogP contribution in [0.15, 0.2) is 51.2 Å². The van der Waals surface area contributed by atoms with Crippen molar-refractivity contribution >= 4 is 22.3 Å². The van der Waals surface area contributed by atoms with E-state index in [0.717, 1.165) is 6.26 Å². The van der Waals surface area contributed by atoms with Gasteiger partial charge in [0, 0.05) is 24.3 Å². The van der Waals surface area contributed by atoms with Crippen LogP contribution in [-0.2, 0) is 11.2 Å². The van der Waals surface area contributed by atoms with Gasteiger partial charge < -0.3 is 14.8 Å². The van der Waals surface area contributed by atoms with Gasteiger partial charge in [-0.15, -0.1) is 10.6 Å². The number of Topliss-reactive ketones (excluding diaryl/α,β-unsaturated/α-hetero) is 1. The van der Waals surface area contributed by atoms with Gasteiger partial charge in [-0.25, -0.2) is 4.39 Å². The molecule has 0 spiro atoms. The number of carbonyl (C=O) groups is 2. The van der Waals surface area contributed by atoms with E-state index >= 15 is 0 Å². The average molecular weight is 381 g/mol. The Morgan fingerprint density at radius 1 is 1.31 bits per heavy atom. The Morgan fingerprint density at radius 3 is 2.50 bits per heavy atom. The van der Waals surface area contributed by atoms with Gasteiger partial charge in [0.2, 0.25) is 10.9 Å². The highest BCUT2D eigenvalue weighted by molar-refractivity contribution is 8.23. The molecule has 7 nitrogen and oxygen atoms in total. The molecule has 26 heavy (non-hydrogen) atoms. The highest BCUT2D eigenvalue weighted by atomic mass is 32.3. The summed E-state index contributed by atoms with van der Waals surface area (Å²) in [5.41, 5.74) is 0.834. The van der Waals surface area contributed by atoms with Crippen molar-refractivity contribution in [3.05, 3.63) is 64.4 Å². The van der Waals surface area contributed by atoms with Gasteiger partial charge in [-0.3, -0.25) is 18.7 Å². The van der Waals surface area contributed by atoms with Crippen molar-refractivity contribution in [2.45, 2.75) is 11.5 Å². The van der Waals surface area contributed by atoms with Gasteiger partial charge in [-0.2, -0.15) is 0 Å². The van der Waals surface area contributed by atoms with E-state index in [0.29, 0.717) is 11.1 Å². The minimum Gasteiger partial charge on any atom is -0.503 e. The molecule has 2 aromatic rings. The fourth-order valence-corrected chi connectivity index (χ4v) is 3.14. The maximum absolute atomic E-state index is 13.1. The summed E-state index contributed by atoms with van der Waals surface area (Å²) in [5, 5.41) is 11.9. The van der Waals surface area contributed by atoms with Crippen LogP contribution in [0.25, 0.3) is 0 Å².